The molecule has 0 bridgehead atoms. The highest BCUT2D eigenvalue weighted by molar-refractivity contribution is 5.97. The molecule has 132 valence electrons. The summed E-state index contributed by atoms with van der Waals surface area (Å²) in [6.45, 7) is 5.17. The topological polar surface area (TPSA) is 79.5 Å². The fourth-order valence-electron chi connectivity index (χ4n) is 2.37. The Kier molecular flexibility index (Phi) is 6.00. The molecule has 0 saturated carbocycles. The van der Waals surface area contributed by atoms with Crippen molar-refractivity contribution in [1.29, 1.82) is 0 Å². The molecule has 0 saturated heterocycles. The minimum Gasteiger partial charge on any atom is -0.495 e. The van der Waals surface area contributed by atoms with E-state index in [1.54, 1.807) is 32.2 Å². The van der Waals surface area contributed by atoms with E-state index >= 15 is 0 Å². The Labute approximate surface area is 147 Å². The van der Waals surface area contributed by atoms with Crippen LogP contribution in [-0.2, 0) is 9.59 Å². The average molecular weight is 341 g/mol. The smallest absolute Gasteiger partial charge is 0.246 e. The molecule has 6 nitrogen and oxygen atoms in total. The second-order valence-corrected chi connectivity index (χ2v) is 5.82. The standard InChI is InChI=1S/C19H23N3O3/c1-12-6-5-7-15(10-12)22-19(24)13(2)20-17-11-16(21-14(3)23)8-9-18(17)25-4/h5-11,13,20H,1-4H3,(H,21,23)(H,22,24)/t13-/m0/s1. The first-order valence-corrected chi connectivity index (χ1v) is 7.98. The van der Waals surface area contributed by atoms with Crippen LogP contribution in [0.25, 0.3) is 0 Å². The molecule has 6 heteroatoms. The molecule has 2 rings (SSSR count). The molecule has 2 aromatic rings. The van der Waals surface area contributed by atoms with Crippen molar-refractivity contribution in [3.05, 3.63) is 48.0 Å². The molecular weight excluding hydrogens is 318 g/mol. The van der Waals surface area contributed by atoms with Crippen molar-refractivity contribution in [2.45, 2.75) is 26.8 Å². The maximum Gasteiger partial charge on any atom is 0.246 e. The largest absolute Gasteiger partial charge is 0.495 e. The Morgan fingerprint density at radius 2 is 1.76 bits per heavy atom. The van der Waals surface area contributed by atoms with E-state index in [-0.39, 0.29) is 11.8 Å². The van der Waals surface area contributed by atoms with Crippen molar-refractivity contribution in [2.75, 3.05) is 23.1 Å². The van der Waals surface area contributed by atoms with Gasteiger partial charge < -0.3 is 20.7 Å². The maximum atomic E-state index is 12.4. The molecule has 0 aliphatic carbocycles. The number of ether oxygens (including phenoxy) is 1. The number of nitrogens with one attached hydrogen (secondary N) is 3. The van der Waals surface area contributed by atoms with Gasteiger partial charge in [0.05, 0.1) is 12.8 Å². The summed E-state index contributed by atoms with van der Waals surface area (Å²) in [6, 6.07) is 12.3. The molecule has 0 radical (unpaired) electrons. The summed E-state index contributed by atoms with van der Waals surface area (Å²) in [5.74, 6) is 0.253. The monoisotopic (exact) mass is 341 g/mol. The molecule has 0 spiro atoms. The summed E-state index contributed by atoms with van der Waals surface area (Å²) in [6.07, 6.45) is 0. The van der Waals surface area contributed by atoms with Crippen molar-refractivity contribution in [3.8, 4) is 5.75 Å². The van der Waals surface area contributed by atoms with Crippen molar-refractivity contribution >= 4 is 28.9 Å². The van der Waals surface area contributed by atoms with Gasteiger partial charge in [-0.05, 0) is 49.7 Å². The molecule has 1 atom stereocenters. The lowest BCUT2D eigenvalue weighted by atomic mass is 10.2. The number of carbonyl (C=O) groups is 2. The first kappa shape index (κ1) is 18.3. The minimum absolute atomic E-state index is 0.165. The van der Waals surface area contributed by atoms with Crippen LogP contribution in [0.15, 0.2) is 42.5 Å². The SMILES string of the molecule is COc1ccc(NC(C)=O)cc1N[C@@H](C)C(=O)Nc1cccc(C)c1. The third-order valence-corrected chi connectivity index (χ3v) is 3.57. The van der Waals surface area contributed by atoms with Gasteiger partial charge in [-0.1, -0.05) is 12.1 Å². The number of anilines is 3. The van der Waals surface area contributed by atoms with Crippen LogP contribution in [0.3, 0.4) is 0 Å². The van der Waals surface area contributed by atoms with E-state index in [1.807, 2.05) is 31.2 Å². The summed E-state index contributed by atoms with van der Waals surface area (Å²) >= 11 is 0. The predicted molar refractivity (Wildman–Crippen MR) is 100 cm³/mol. The van der Waals surface area contributed by atoms with Gasteiger partial charge in [0.15, 0.2) is 0 Å². The first-order chi connectivity index (χ1) is 11.9. The van der Waals surface area contributed by atoms with E-state index in [1.165, 1.54) is 6.92 Å². The van der Waals surface area contributed by atoms with Crippen LogP contribution in [0.2, 0.25) is 0 Å². The van der Waals surface area contributed by atoms with E-state index < -0.39 is 6.04 Å². The summed E-state index contributed by atoms with van der Waals surface area (Å²) in [7, 11) is 1.55. The number of benzene rings is 2. The fourth-order valence-corrected chi connectivity index (χ4v) is 2.37. The summed E-state index contributed by atoms with van der Waals surface area (Å²) < 4.78 is 5.31. The molecule has 0 aliphatic rings. The lowest BCUT2D eigenvalue weighted by molar-refractivity contribution is -0.116. The lowest BCUT2D eigenvalue weighted by Gasteiger charge is -2.18. The van der Waals surface area contributed by atoms with Crippen LogP contribution in [0.4, 0.5) is 17.1 Å². The second kappa shape index (κ2) is 8.19. The van der Waals surface area contributed by atoms with Gasteiger partial charge >= 0.3 is 0 Å². The Morgan fingerprint density at radius 3 is 2.40 bits per heavy atom. The third-order valence-electron chi connectivity index (χ3n) is 3.57. The zero-order valence-electron chi connectivity index (χ0n) is 14.8. The number of aryl methyl sites for hydroxylation is 1. The molecule has 25 heavy (non-hydrogen) atoms. The van der Waals surface area contributed by atoms with Crippen LogP contribution < -0.4 is 20.7 Å². The number of hydrogen-bond donors (Lipinski definition) is 3. The van der Waals surface area contributed by atoms with Crippen LogP contribution in [0.1, 0.15) is 19.4 Å². The summed E-state index contributed by atoms with van der Waals surface area (Å²) in [4.78, 5) is 23.6. The Bertz CT molecular complexity index is 774. The van der Waals surface area contributed by atoms with Gasteiger partial charge in [-0.15, -0.1) is 0 Å². The molecule has 0 heterocycles. The zero-order valence-corrected chi connectivity index (χ0v) is 14.8. The van der Waals surface area contributed by atoms with Crippen molar-refractivity contribution in [1.82, 2.24) is 0 Å². The molecule has 0 fully saturated rings. The van der Waals surface area contributed by atoms with Gasteiger partial charge in [-0.25, -0.2) is 0 Å². The summed E-state index contributed by atoms with van der Waals surface area (Å²) in [5.41, 5.74) is 3.07. The highest BCUT2D eigenvalue weighted by atomic mass is 16.5. The normalized spacial score (nSPS) is 11.4. The first-order valence-electron chi connectivity index (χ1n) is 7.98. The molecule has 2 aromatic carbocycles. The van der Waals surface area contributed by atoms with Gasteiger partial charge in [0.25, 0.3) is 0 Å². The highest BCUT2D eigenvalue weighted by Gasteiger charge is 2.15. The van der Waals surface area contributed by atoms with E-state index in [4.69, 9.17) is 4.74 Å². The Hall–Kier alpha value is -3.02. The molecule has 3 N–H and O–H groups in total. The Balaban J connectivity index is 2.11. The van der Waals surface area contributed by atoms with E-state index in [2.05, 4.69) is 16.0 Å². The van der Waals surface area contributed by atoms with Crippen LogP contribution in [0.5, 0.6) is 5.75 Å². The molecule has 0 unspecified atom stereocenters. The van der Waals surface area contributed by atoms with E-state index in [9.17, 15) is 9.59 Å². The van der Waals surface area contributed by atoms with Crippen molar-refractivity contribution in [2.24, 2.45) is 0 Å². The van der Waals surface area contributed by atoms with Crippen LogP contribution >= 0.6 is 0 Å². The quantitative estimate of drug-likeness (QED) is 0.752. The van der Waals surface area contributed by atoms with Gasteiger partial charge in [0.1, 0.15) is 11.8 Å². The number of rotatable bonds is 6. The molecule has 2 amide bonds. The number of hydrogen-bond acceptors (Lipinski definition) is 4. The molecular formula is C19H23N3O3. The fraction of sp³-hybridized carbons (Fsp3) is 0.263. The van der Waals surface area contributed by atoms with Crippen LogP contribution in [-0.4, -0.2) is 25.0 Å². The van der Waals surface area contributed by atoms with Gasteiger partial charge in [-0.3, -0.25) is 9.59 Å². The average Bonchev–Trinajstić information content (AvgIpc) is 2.54. The number of carbonyl (C=O) groups excluding carboxylic acids is 2. The number of methoxy groups -OCH3 is 1. The Morgan fingerprint density at radius 1 is 1.04 bits per heavy atom. The van der Waals surface area contributed by atoms with Gasteiger partial charge in [0.2, 0.25) is 11.8 Å². The highest BCUT2D eigenvalue weighted by Crippen LogP contribution is 2.28. The second-order valence-electron chi connectivity index (χ2n) is 5.82. The van der Waals surface area contributed by atoms with Gasteiger partial charge in [0, 0.05) is 18.3 Å². The van der Waals surface area contributed by atoms with Crippen molar-refractivity contribution < 1.29 is 14.3 Å². The van der Waals surface area contributed by atoms with Crippen molar-refractivity contribution in [3.63, 3.8) is 0 Å². The van der Waals surface area contributed by atoms with Crippen LogP contribution in [0, 0.1) is 6.92 Å². The molecule has 0 aliphatic heterocycles. The van der Waals surface area contributed by atoms with E-state index in [0.717, 1.165) is 11.3 Å². The lowest BCUT2D eigenvalue weighted by Crippen LogP contribution is -2.32. The summed E-state index contributed by atoms with van der Waals surface area (Å²) in [5, 5.41) is 8.71. The molecule has 0 aromatic heterocycles. The minimum atomic E-state index is -0.498. The number of amides is 2. The predicted octanol–water partition coefficient (Wildman–Crippen LogP) is 3.40. The third kappa shape index (κ3) is 5.24. The van der Waals surface area contributed by atoms with E-state index in [0.29, 0.717) is 17.1 Å². The zero-order chi connectivity index (χ0) is 18.4. The van der Waals surface area contributed by atoms with Gasteiger partial charge in [-0.2, -0.15) is 0 Å². The maximum absolute atomic E-state index is 12.4.